The van der Waals surface area contributed by atoms with Gasteiger partial charge in [0, 0.05) is 25.2 Å². The van der Waals surface area contributed by atoms with Crippen LogP contribution in [-0.4, -0.2) is 38.9 Å². The monoisotopic (exact) mass is 352 g/mol. The smallest absolute Gasteiger partial charge is 0.253 e. The molecule has 0 radical (unpaired) electrons. The molecular weight excluding hydrogens is 324 g/mol. The fraction of sp³-hybridized carbons (Fsp3) is 0.500. The van der Waals surface area contributed by atoms with Crippen molar-refractivity contribution in [3.8, 4) is 0 Å². The normalized spacial score (nSPS) is 11.5. The zero-order valence-electron chi connectivity index (χ0n) is 14.8. The Bertz CT molecular complexity index is 635. The van der Waals surface area contributed by atoms with Gasteiger partial charge in [-0.3, -0.25) is 4.79 Å². The Balaban J connectivity index is 2.90. The third-order valence-electron chi connectivity index (χ3n) is 4.13. The maximum absolute atomic E-state index is 12.6. The zero-order chi connectivity index (χ0) is 18.2. The van der Waals surface area contributed by atoms with Crippen molar-refractivity contribution in [1.29, 1.82) is 0 Å². The highest BCUT2D eigenvalue weighted by Crippen LogP contribution is 2.15. The number of nitrogens with zero attached hydrogens (tertiary/aromatic N) is 1. The molecule has 1 aromatic rings. The molecule has 1 amide bonds. The van der Waals surface area contributed by atoms with Gasteiger partial charge in [-0.1, -0.05) is 32.8 Å². The lowest BCUT2D eigenvalue weighted by Crippen LogP contribution is -2.35. The largest absolute Gasteiger partial charge is 0.339 e. The van der Waals surface area contributed by atoms with E-state index in [-0.39, 0.29) is 17.3 Å². The third kappa shape index (κ3) is 5.46. The highest BCUT2D eigenvalue weighted by atomic mass is 32.2. The molecule has 0 atom stereocenters. The molecular formula is C18H28N2O3S. The minimum atomic E-state index is -3.56. The quantitative estimate of drug-likeness (QED) is 0.658. The van der Waals surface area contributed by atoms with E-state index in [1.165, 1.54) is 18.2 Å². The standard InChI is InChI=1S/C18H28N2O3S/c1-5-13-19-24(22,23)17-11-9-16(10-12-17)18(21)20(8-4)14-15(6-2)7-3/h5,9-12,15,19H,1,6-8,13-14H2,2-4H3. The van der Waals surface area contributed by atoms with Gasteiger partial charge in [0.1, 0.15) is 0 Å². The summed E-state index contributed by atoms with van der Waals surface area (Å²) < 4.78 is 26.5. The minimum Gasteiger partial charge on any atom is -0.339 e. The molecule has 1 aromatic carbocycles. The first kappa shape index (κ1) is 20.4. The first-order valence-corrected chi connectivity index (χ1v) is 9.87. The Morgan fingerprint density at radius 3 is 2.25 bits per heavy atom. The number of carbonyl (C=O) groups is 1. The van der Waals surface area contributed by atoms with Crippen molar-refractivity contribution >= 4 is 15.9 Å². The number of hydrogen-bond donors (Lipinski definition) is 1. The van der Waals surface area contributed by atoms with Crippen LogP contribution in [0, 0.1) is 5.92 Å². The van der Waals surface area contributed by atoms with E-state index < -0.39 is 10.0 Å². The van der Waals surface area contributed by atoms with Crippen LogP contribution in [0.3, 0.4) is 0 Å². The van der Waals surface area contributed by atoms with Crippen LogP contribution in [0.15, 0.2) is 41.8 Å². The van der Waals surface area contributed by atoms with Gasteiger partial charge in [-0.05, 0) is 37.1 Å². The van der Waals surface area contributed by atoms with Crippen molar-refractivity contribution in [2.75, 3.05) is 19.6 Å². The molecule has 0 saturated carbocycles. The van der Waals surface area contributed by atoms with Crippen LogP contribution < -0.4 is 4.72 Å². The average Bonchev–Trinajstić information content (AvgIpc) is 2.61. The summed E-state index contributed by atoms with van der Waals surface area (Å²) >= 11 is 0. The van der Waals surface area contributed by atoms with Gasteiger partial charge in [-0.15, -0.1) is 6.58 Å². The second-order valence-corrected chi connectivity index (χ2v) is 7.46. The Morgan fingerprint density at radius 2 is 1.79 bits per heavy atom. The van der Waals surface area contributed by atoms with Gasteiger partial charge in [-0.25, -0.2) is 13.1 Å². The number of carbonyl (C=O) groups excluding carboxylic acids is 1. The SMILES string of the molecule is C=CCNS(=O)(=O)c1ccc(C(=O)N(CC)CC(CC)CC)cc1. The minimum absolute atomic E-state index is 0.0626. The van der Waals surface area contributed by atoms with Crippen molar-refractivity contribution in [2.45, 2.75) is 38.5 Å². The molecule has 0 fully saturated rings. The fourth-order valence-electron chi connectivity index (χ4n) is 2.43. The first-order chi connectivity index (χ1) is 11.4. The maximum atomic E-state index is 12.6. The maximum Gasteiger partial charge on any atom is 0.253 e. The number of rotatable bonds is 10. The number of hydrogen-bond acceptors (Lipinski definition) is 3. The van der Waals surface area contributed by atoms with Crippen LogP contribution in [0.5, 0.6) is 0 Å². The lowest BCUT2D eigenvalue weighted by Gasteiger charge is -2.25. The van der Waals surface area contributed by atoms with Crippen molar-refractivity contribution in [2.24, 2.45) is 5.92 Å². The van der Waals surface area contributed by atoms with Crippen LogP contribution >= 0.6 is 0 Å². The highest BCUT2D eigenvalue weighted by Gasteiger charge is 2.19. The van der Waals surface area contributed by atoms with E-state index in [1.807, 2.05) is 11.8 Å². The van der Waals surface area contributed by atoms with E-state index in [2.05, 4.69) is 25.1 Å². The molecule has 1 N–H and O–H groups in total. The summed E-state index contributed by atoms with van der Waals surface area (Å²) in [4.78, 5) is 14.6. The summed E-state index contributed by atoms with van der Waals surface area (Å²) in [6, 6.07) is 6.06. The molecule has 0 saturated heterocycles. The molecule has 0 aliphatic heterocycles. The van der Waals surface area contributed by atoms with Gasteiger partial charge in [0.2, 0.25) is 10.0 Å². The summed E-state index contributed by atoms with van der Waals surface area (Å²) in [5, 5.41) is 0. The van der Waals surface area contributed by atoms with E-state index in [0.29, 0.717) is 18.0 Å². The molecule has 0 bridgehead atoms. The molecule has 0 aromatic heterocycles. The third-order valence-corrected chi connectivity index (χ3v) is 5.57. The van der Waals surface area contributed by atoms with Crippen LogP contribution in [0.2, 0.25) is 0 Å². The molecule has 5 nitrogen and oxygen atoms in total. The Morgan fingerprint density at radius 1 is 1.21 bits per heavy atom. The molecule has 0 aliphatic carbocycles. The van der Waals surface area contributed by atoms with E-state index in [4.69, 9.17) is 0 Å². The van der Waals surface area contributed by atoms with Gasteiger partial charge in [0.05, 0.1) is 4.90 Å². The Hall–Kier alpha value is -1.66. The number of amides is 1. The van der Waals surface area contributed by atoms with E-state index >= 15 is 0 Å². The predicted octanol–water partition coefficient (Wildman–Crippen LogP) is 3.05. The van der Waals surface area contributed by atoms with Crippen LogP contribution in [0.4, 0.5) is 0 Å². The van der Waals surface area contributed by atoms with Gasteiger partial charge < -0.3 is 4.90 Å². The second-order valence-electron chi connectivity index (χ2n) is 5.69. The van der Waals surface area contributed by atoms with E-state index in [0.717, 1.165) is 19.4 Å². The Labute approximate surface area is 145 Å². The van der Waals surface area contributed by atoms with Gasteiger partial charge >= 0.3 is 0 Å². The molecule has 0 spiro atoms. The number of sulfonamides is 1. The van der Waals surface area contributed by atoms with Gasteiger partial charge in [0.15, 0.2) is 0 Å². The summed E-state index contributed by atoms with van der Waals surface area (Å²) in [7, 11) is -3.56. The van der Waals surface area contributed by atoms with Crippen LogP contribution in [-0.2, 0) is 10.0 Å². The average molecular weight is 353 g/mol. The van der Waals surface area contributed by atoms with Crippen molar-refractivity contribution in [3.63, 3.8) is 0 Å². The van der Waals surface area contributed by atoms with Crippen molar-refractivity contribution in [1.82, 2.24) is 9.62 Å². The second kappa shape index (κ2) is 9.59. The molecule has 0 unspecified atom stereocenters. The summed E-state index contributed by atoms with van der Waals surface area (Å²) in [6.45, 7) is 11.2. The number of benzene rings is 1. The molecule has 0 aliphatic rings. The summed E-state index contributed by atoms with van der Waals surface area (Å²) in [5.74, 6) is 0.420. The van der Waals surface area contributed by atoms with Crippen molar-refractivity contribution in [3.05, 3.63) is 42.5 Å². The molecule has 0 heterocycles. The highest BCUT2D eigenvalue weighted by molar-refractivity contribution is 7.89. The van der Waals surface area contributed by atoms with E-state index in [9.17, 15) is 13.2 Å². The lowest BCUT2D eigenvalue weighted by atomic mass is 10.0. The molecule has 1 rings (SSSR count). The van der Waals surface area contributed by atoms with Crippen LogP contribution in [0.25, 0.3) is 0 Å². The molecule has 24 heavy (non-hydrogen) atoms. The van der Waals surface area contributed by atoms with Gasteiger partial charge in [0.25, 0.3) is 5.91 Å². The van der Waals surface area contributed by atoms with Crippen molar-refractivity contribution < 1.29 is 13.2 Å². The fourth-order valence-corrected chi connectivity index (χ4v) is 3.42. The topological polar surface area (TPSA) is 66.5 Å². The summed E-state index contributed by atoms with van der Waals surface area (Å²) in [5.41, 5.74) is 0.505. The lowest BCUT2D eigenvalue weighted by molar-refractivity contribution is 0.0735. The predicted molar refractivity (Wildman–Crippen MR) is 97.5 cm³/mol. The van der Waals surface area contributed by atoms with Crippen LogP contribution in [0.1, 0.15) is 44.0 Å². The zero-order valence-corrected chi connectivity index (χ0v) is 15.6. The Kier molecular flexibility index (Phi) is 8.15. The molecule has 134 valence electrons. The molecule has 6 heteroatoms. The summed E-state index contributed by atoms with van der Waals surface area (Å²) in [6.07, 6.45) is 3.55. The number of nitrogens with one attached hydrogen (secondary N) is 1. The first-order valence-electron chi connectivity index (χ1n) is 8.39. The van der Waals surface area contributed by atoms with E-state index in [1.54, 1.807) is 12.1 Å². The van der Waals surface area contributed by atoms with Gasteiger partial charge in [-0.2, -0.15) is 0 Å².